The minimum absolute atomic E-state index is 0.0145. The maximum atomic E-state index is 12.2. The van der Waals surface area contributed by atoms with Crippen LogP contribution in [0, 0.1) is 17.0 Å². The average molecular weight is 520 g/mol. The van der Waals surface area contributed by atoms with Gasteiger partial charge in [0.05, 0.1) is 28.7 Å². The zero-order chi connectivity index (χ0) is 25.2. The number of benzene rings is 1. The molecule has 0 saturated carbocycles. The third-order valence-corrected chi connectivity index (χ3v) is 5.60. The van der Waals surface area contributed by atoms with E-state index in [-0.39, 0.29) is 39.9 Å². The van der Waals surface area contributed by atoms with Gasteiger partial charge in [-0.25, -0.2) is 9.59 Å². The summed E-state index contributed by atoms with van der Waals surface area (Å²) in [5.41, 5.74) is -1.59. The predicted octanol–water partition coefficient (Wildman–Crippen LogP) is 1.08. The van der Waals surface area contributed by atoms with Gasteiger partial charge < -0.3 is 24.4 Å². The van der Waals surface area contributed by atoms with Crippen LogP contribution in [-0.2, 0) is 20.6 Å². The summed E-state index contributed by atoms with van der Waals surface area (Å²) in [6, 6.07) is 2.42. The van der Waals surface area contributed by atoms with Crippen LogP contribution < -0.4 is 11.2 Å². The third-order valence-electron chi connectivity index (χ3n) is 5.05. The van der Waals surface area contributed by atoms with Gasteiger partial charge in [0.2, 0.25) is 0 Å². The molecule has 3 rings (SSSR count). The topological polar surface area (TPSA) is 183 Å². The molecule has 2 heterocycles. The maximum absolute atomic E-state index is 12.2. The summed E-state index contributed by atoms with van der Waals surface area (Å²) in [6.45, 7) is 0.397. The van der Waals surface area contributed by atoms with E-state index >= 15 is 0 Å². The first-order valence-corrected chi connectivity index (χ1v) is 10.5. The average Bonchev–Trinajstić information content (AvgIpc) is 3.07. The van der Waals surface area contributed by atoms with Crippen LogP contribution in [0.3, 0.4) is 0 Å². The standard InChI is InChI=1S/C19H19Cl2N3O10/c1-8-6-23(18(28)22-16(8)27)17-14(26)15(13(7-25)33-17)34-19(29)32-3-2-10-11(21)4-9(20)5-12(10)24(30)31/h4-6,13-15,17,25-26H,2-3,7H2,1H3,(H,22,27,28)/t13-,14?,15?,17-/m1/s1. The molecule has 1 aliphatic rings. The highest BCUT2D eigenvalue weighted by atomic mass is 35.5. The van der Waals surface area contributed by atoms with Gasteiger partial charge in [-0.2, -0.15) is 0 Å². The molecule has 2 aromatic rings. The molecule has 0 amide bonds. The summed E-state index contributed by atoms with van der Waals surface area (Å²) < 4.78 is 16.3. The molecule has 34 heavy (non-hydrogen) atoms. The lowest BCUT2D eigenvalue weighted by Crippen LogP contribution is -2.40. The lowest BCUT2D eigenvalue weighted by Gasteiger charge is -2.20. The van der Waals surface area contributed by atoms with Crippen molar-refractivity contribution in [2.45, 2.75) is 37.9 Å². The molecule has 2 unspecified atom stereocenters. The SMILES string of the molecule is Cc1cn([C@@H]2O[C@H](CO)C(OC(=O)OCCc3c(Cl)cc(Cl)cc3[N+](=O)[O-])C2O)c(=O)[nH]c1=O. The number of halogens is 2. The fourth-order valence-corrected chi connectivity index (χ4v) is 3.98. The van der Waals surface area contributed by atoms with Gasteiger partial charge >= 0.3 is 11.8 Å². The van der Waals surface area contributed by atoms with Crippen molar-refractivity contribution in [1.29, 1.82) is 0 Å². The lowest BCUT2D eigenvalue weighted by molar-refractivity contribution is -0.385. The first kappa shape index (κ1) is 25.6. The number of ether oxygens (including phenoxy) is 3. The molecule has 1 saturated heterocycles. The van der Waals surface area contributed by atoms with Gasteiger partial charge in [-0.1, -0.05) is 23.2 Å². The van der Waals surface area contributed by atoms with Crippen molar-refractivity contribution in [2.24, 2.45) is 0 Å². The van der Waals surface area contributed by atoms with Crippen molar-refractivity contribution in [2.75, 3.05) is 13.2 Å². The number of aliphatic hydroxyl groups excluding tert-OH is 2. The van der Waals surface area contributed by atoms with Crippen molar-refractivity contribution in [3.05, 3.63) is 70.5 Å². The molecular formula is C19H19Cl2N3O10. The van der Waals surface area contributed by atoms with E-state index < -0.39 is 53.5 Å². The molecule has 0 bridgehead atoms. The number of hydrogen-bond donors (Lipinski definition) is 3. The van der Waals surface area contributed by atoms with E-state index in [9.17, 15) is 34.7 Å². The first-order chi connectivity index (χ1) is 16.0. The molecule has 0 spiro atoms. The highest BCUT2D eigenvalue weighted by molar-refractivity contribution is 6.35. The number of aromatic nitrogens is 2. The number of aryl methyl sites for hydroxylation is 1. The summed E-state index contributed by atoms with van der Waals surface area (Å²) in [7, 11) is 0. The van der Waals surface area contributed by atoms with E-state index in [2.05, 4.69) is 4.98 Å². The van der Waals surface area contributed by atoms with Crippen molar-refractivity contribution >= 4 is 35.0 Å². The number of nitro groups is 1. The van der Waals surface area contributed by atoms with E-state index in [1.165, 1.54) is 13.0 Å². The summed E-state index contributed by atoms with van der Waals surface area (Å²) in [6.07, 6.45) is -5.83. The Balaban J connectivity index is 1.67. The van der Waals surface area contributed by atoms with Crippen molar-refractivity contribution in [3.8, 4) is 0 Å². The van der Waals surface area contributed by atoms with Gasteiger partial charge in [0.15, 0.2) is 12.3 Å². The minimum Gasteiger partial charge on any atom is -0.434 e. The largest absolute Gasteiger partial charge is 0.508 e. The second kappa shape index (κ2) is 10.5. The highest BCUT2D eigenvalue weighted by Gasteiger charge is 2.47. The van der Waals surface area contributed by atoms with Crippen LogP contribution in [-0.4, -0.2) is 62.4 Å². The molecule has 1 aliphatic heterocycles. The molecule has 0 radical (unpaired) electrons. The summed E-state index contributed by atoms with van der Waals surface area (Å²) in [4.78, 5) is 48.4. The Kier molecular flexibility index (Phi) is 7.94. The van der Waals surface area contributed by atoms with Crippen LogP contribution in [0.1, 0.15) is 17.4 Å². The number of nitrogens with one attached hydrogen (secondary N) is 1. The van der Waals surface area contributed by atoms with Gasteiger partial charge in [-0.05, 0) is 13.0 Å². The third kappa shape index (κ3) is 5.39. The second-order valence-corrected chi connectivity index (χ2v) is 8.13. The Labute approximate surface area is 200 Å². The van der Waals surface area contributed by atoms with Gasteiger partial charge in [-0.3, -0.25) is 24.5 Å². The maximum Gasteiger partial charge on any atom is 0.508 e. The Bertz CT molecular complexity index is 1210. The van der Waals surface area contributed by atoms with E-state index in [4.69, 9.17) is 37.4 Å². The van der Waals surface area contributed by atoms with Gasteiger partial charge in [0, 0.05) is 29.3 Å². The summed E-state index contributed by atoms with van der Waals surface area (Å²) in [5, 5.41) is 31.4. The van der Waals surface area contributed by atoms with E-state index in [1.807, 2.05) is 0 Å². The minimum atomic E-state index is -1.60. The Morgan fingerprint density at radius 3 is 2.71 bits per heavy atom. The molecule has 1 aromatic carbocycles. The van der Waals surface area contributed by atoms with Crippen molar-refractivity contribution in [3.63, 3.8) is 0 Å². The number of carbonyl (C=O) groups excluding carboxylic acids is 1. The Hall–Kier alpha value is -2.97. The Morgan fingerprint density at radius 1 is 1.35 bits per heavy atom. The normalized spacial score (nSPS) is 21.9. The quantitative estimate of drug-likeness (QED) is 0.271. The van der Waals surface area contributed by atoms with Crippen molar-refractivity contribution < 1.29 is 34.1 Å². The number of aliphatic hydroxyl groups is 2. The molecule has 0 aliphatic carbocycles. The Morgan fingerprint density at radius 2 is 2.06 bits per heavy atom. The second-order valence-electron chi connectivity index (χ2n) is 7.29. The first-order valence-electron chi connectivity index (χ1n) is 9.75. The smallest absolute Gasteiger partial charge is 0.434 e. The number of H-pyrrole nitrogens is 1. The molecule has 1 aromatic heterocycles. The van der Waals surface area contributed by atoms with Crippen LogP contribution in [0.2, 0.25) is 10.0 Å². The monoisotopic (exact) mass is 519 g/mol. The van der Waals surface area contributed by atoms with E-state index in [0.717, 1.165) is 16.8 Å². The number of nitro benzene ring substituents is 1. The molecule has 13 nitrogen and oxygen atoms in total. The molecule has 15 heteroatoms. The number of carbonyl (C=O) groups is 1. The fraction of sp³-hybridized carbons (Fsp3) is 0.421. The van der Waals surface area contributed by atoms with Gasteiger partial charge in [-0.15, -0.1) is 0 Å². The zero-order valence-electron chi connectivity index (χ0n) is 17.5. The summed E-state index contributed by atoms with van der Waals surface area (Å²) >= 11 is 11.8. The van der Waals surface area contributed by atoms with Crippen LogP contribution in [0.4, 0.5) is 10.5 Å². The molecule has 184 valence electrons. The molecular weight excluding hydrogens is 501 g/mol. The zero-order valence-corrected chi connectivity index (χ0v) is 19.0. The van der Waals surface area contributed by atoms with E-state index in [0.29, 0.717) is 0 Å². The molecule has 3 N–H and O–H groups in total. The fourth-order valence-electron chi connectivity index (χ4n) is 3.40. The number of aromatic amines is 1. The van der Waals surface area contributed by atoms with Crippen molar-refractivity contribution in [1.82, 2.24) is 9.55 Å². The lowest BCUT2D eigenvalue weighted by atomic mass is 10.1. The van der Waals surface area contributed by atoms with Gasteiger partial charge in [0.1, 0.15) is 12.2 Å². The van der Waals surface area contributed by atoms with Crippen LogP contribution in [0.25, 0.3) is 0 Å². The summed E-state index contributed by atoms with van der Waals surface area (Å²) in [5.74, 6) is 0. The number of hydrogen-bond acceptors (Lipinski definition) is 10. The predicted molar refractivity (Wildman–Crippen MR) is 116 cm³/mol. The number of rotatable bonds is 7. The number of nitrogens with zero attached hydrogens (tertiary/aromatic N) is 2. The highest BCUT2D eigenvalue weighted by Crippen LogP contribution is 2.32. The molecule has 4 atom stereocenters. The van der Waals surface area contributed by atoms with Crippen LogP contribution >= 0.6 is 23.2 Å². The van der Waals surface area contributed by atoms with Crippen LogP contribution in [0.15, 0.2) is 27.9 Å². The molecule has 1 fully saturated rings. The van der Waals surface area contributed by atoms with Crippen LogP contribution in [0.5, 0.6) is 0 Å². The van der Waals surface area contributed by atoms with Gasteiger partial charge in [0.25, 0.3) is 11.2 Å². The van der Waals surface area contributed by atoms with E-state index in [1.54, 1.807) is 0 Å².